The minimum atomic E-state index is -4.46. The molecule has 0 aliphatic carbocycles. The number of nitrogens with one attached hydrogen (secondary N) is 2. The van der Waals surface area contributed by atoms with Crippen LogP contribution in [0.4, 0.5) is 18.9 Å². The van der Waals surface area contributed by atoms with Crippen molar-refractivity contribution >= 4 is 15.7 Å². The molecule has 0 saturated carbocycles. The first kappa shape index (κ1) is 15.7. The molecule has 0 aliphatic rings. The second-order valence-electron chi connectivity index (χ2n) is 3.84. The molecule has 4 N–H and O–H groups in total. The zero-order chi connectivity index (χ0) is 14.7. The highest BCUT2D eigenvalue weighted by atomic mass is 32.2. The van der Waals surface area contributed by atoms with Crippen molar-refractivity contribution in [1.82, 2.24) is 9.71 Å². The van der Waals surface area contributed by atoms with Crippen molar-refractivity contribution in [3.05, 3.63) is 18.3 Å². The molecule has 1 rings (SSSR count). The summed E-state index contributed by atoms with van der Waals surface area (Å²) in [6.45, 7) is 1.11. The molecule has 1 aromatic rings. The Morgan fingerprint density at radius 3 is 2.63 bits per heavy atom. The lowest BCUT2D eigenvalue weighted by Gasteiger charge is -2.16. The van der Waals surface area contributed by atoms with E-state index in [0.717, 1.165) is 6.92 Å². The van der Waals surface area contributed by atoms with Crippen molar-refractivity contribution in [1.29, 1.82) is 0 Å². The van der Waals surface area contributed by atoms with Gasteiger partial charge in [-0.25, -0.2) is 18.1 Å². The monoisotopic (exact) mass is 298 g/mol. The zero-order valence-corrected chi connectivity index (χ0v) is 10.7. The Hall–Kier alpha value is -1.39. The number of pyridine rings is 1. The number of hydrogen-bond donors (Lipinski definition) is 3. The van der Waals surface area contributed by atoms with Gasteiger partial charge in [-0.15, -0.1) is 0 Å². The van der Waals surface area contributed by atoms with E-state index in [4.69, 9.17) is 5.84 Å². The summed E-state index contributed by atoms with van der Waals surface area (Å²) in [7, 11) is -4.18. The summed E-state index contributed by atoms with van der Waals surface area (Å²) in [5.74, 6) is 5.12. The van der Waals surface area contributed by atoms with E-state index in [-0.39, 0.29) is 5.69 Å². The van der Waals surface area contributed by atoms with Crippen molar-refractivity contribution in [2.75, 3.05) is 5.43 Å². The highest BCUT2D eigenvalue weighted by Gasteiger charge is 2.32. The summed E-state index contributed by atoms with van der Waals surface area (Å²) in [5, 5.41) is -0.452. The lowest BCUT2D eigenvalue weighted by molar-refractivity contribution is -0.137. The molecule has 1 atom stereocenters. The fraction of sp³-hybridized carbons (Fsp3) is 0.444. The summed E-state index contributed by atoms with van der Waals surface area (Å²) >= 11 is 0. The van der Waals surface area contributed by atoms with Crippen LogP contribution in [0.25, 0.3) is 0 Å². The number of nitrogens with zero attached hydrogens (tertiary/aromatic N) is 1. The molecule has 0 aliphatic heterocycles. The third-order valence-electron chi connectivity index (χ3n) is 2.08. The van der Waals surface area contributed by atoms with Crippen LogP contribution in [-0.4, -0.2) is 25.6 Å². The minimum Gasteiger partial charge on any atom is -0.321 e. The molecule has 0 amide bonds. The number of halogens is 3. The van der Waals surface area contributed by atoms with E-state index in [1.54, 1.807) is 0 Å². The van der Waals surface area contributed by atoms with Gasteiger partial charge in [-0.1, -0.05) is 0 Å². The maximum Gasteiger partial charge on any atom is 0.390 e. The molecule has 19 heavy (non-hydrogen) atoms. The van der Waals surface area contributed by atoms with Crippen LogP contribution in [0, 0.1) is 0 Å². The van der Waals surface area contributed by atoms with E-state index in [1.165, 1.54) is 18.3 Å². The van der Waals surface area contributed by atoms with Crippen molar-refractivity contribution in [3.8, 4) is 0 Å². The number of rotatable bonds is 5. The van der Waals surface area contributed by atoms with Crippen molar-refractivity contribution < 1.29 is 21.6 Å². The van der Waals surface area contributed by atoms with Crippen molar-refractivity contribution in [2.45, 2.75) is 30.6 Å². The van der Waals surface area contributed by atoms with Crippen LogP contribution in [0.1, 0.15) is 13.3 Å². The first-order chi connectivity index (χ1) is 8.65. The summed E-state index contributed by atoms with van der Waals surface area (Å²) in [5.41, 5.74) is 2.11. The molecule has 10 heteroatoms. The van der Waals surface area contributed by atoms with Gasteiger partial charge < -0.3 is 5.43 Å². The van der Waals surface area contributed by atoms with Crippen LogP contribution in [0.15, 0.2) is 23.4 Å². The highest BCUT2D eigenvalue weighted by Crippen LogP contribution is 2.23. The predicted octanol–water partition coefficient (Wildman–Crippen LogP) is 0.986. The number of hydrogen-bond acceptors (Lipinski definition) is 5. The van der Waals surface area contributed by atoms with Crippen LogP contribution < -0.4 is 16.0 Å². The number of nitrogen functional groups attached to an aromatic ring is 1. The van der Waals surface area contributed by atoms with Gasteiger partial charge in [0.05, 0.1) is 12.1 Å². The van der Waals surface area contributed by atoms with E-state index in [2.05, 4.69) is 10.4 Å². The quantitative estimate of drug-likeness (QED) is 0.556. The average molecular weight is 298 g/mol. The van der Waals surface area contributed by atoms with Crippen molar-refractivity contribution in [3.63, 3.8) is 0 Å². The van der Waals surface area contributed by atoms with Gasteiger partial charge in [-0.3, -0.25) is 5.84 Å². The summed E-state index contributed by atoms with van der Waals surface area (Å²) in [4.78, 5) is 3.60. The Balaban J connectivity index is 2.93. The summed E-state index contributed by atoms with van der Waals surface area (Å²) in [6.07, 6.45) is -4.53. The van der Waals surface area contributed by atoms with Crippen LogP contribution in [0.2, 0.25) is 0 Å². The third-order valence-corrected chi connectivity index (χ3v) is 3.62. The molecule has 6 nitrogen and oxygen atoms in total. The Morgan fingerprint density at radius 1 is 1.47 bits per heavy atom. The van der Waals surface area contributed by atoms with Crippen molar-refractivity contribution in [2.24, 2.45) is 5.84 Å². The predicted molar refractivity (Wildman–Crippen MR) is 62.5 cm³/mol. The maximum absolute atomic E-state index is 12.1. The van der Waals surface area contributed by atoms with E-state index >= 15 is 0 Å². The van der Waals surface area contributed by atoms with Gasteiger partial charge in [0.1, 0.15) is 0 Å². The van der Waals surface area contributed by atoms with E-state index < -0.39 is 33.7 Å². The summed E-state index contributed by atoms with van der Waals surface area (Å²) in [6, 6.07) is 1.47. The maximum atomic E-state index is 12.1. The smallest absolute Gasteiger partial charge is 0.321 e. The van der Waals surface area contributed by atoms with Gasteiger partial charge in [-0.2, -0.15) is 13.2 Å². The Morgan fingerprint density at radius 2 is 2.11 bits per heavy atom. The van der Waals surface area contributed by atoms with Gasteiger partial charge in [0, 0.05) is 12.2 Å². The Kier molecular flexibility index (Phi) is 4.71. The van der Waals surface area contributed by atoms with E-state index in [1.807, 2.05) is 4.72 Å². The fourth-order valence-corrected chi connectivity index (χ4v) is 2.77. The fourth-order valence-electron chi connectivity index (χ4n) is 1.42. The van der Waals surface area contributed by atoms with E-state index in [0.29, 0.717) is 0 Å². The number of anilines is 1. The molecular weight excluding hydrogens is 285 g/mol. The second-order valence-corrected chi connectivity index (χ2v) is 5.47. The number of hydrazine groups is 1. The minimum absolute atomic E-state index is 0.00536. The normalized spacial score (nSPS) is 14.2. The zero-order valence-electron chi connectivity index (χ0n) is 9.90. The van der Waals surface area contributed by atoms with Gasteiger partial charge in [0.15, 0.2) is 5.03 Å². The van der Waals surface area contributed by atoms with Gasteiger partial charge in [-0.05, 0) is 19.1 Å². The molecule has 108 valence electrons. The molecule has 0 radical (unpaired) electrons. The first-order valence-electron chi connectivity index (χ1n) is 5.16. The molecule has 0 bridgehead atoms. The largest absolute Gasteiger partial charge is 0.390 e. The molecule has 1 aromatic heterocycles. The van der Waals surface area contributed by atoms with E-state index in [9.17, 15) is 21.6 Å². The molecular formula is C9H13F3N4O2S. The second kappa shape index (κ2) is 5.72. The molecule has 1 unspecified atom stereocenters. The topological polar surface area (TPSA) is 97.1 Å². The lowest BCUT2D eigenvalue weighted by atomic mass is 10.2. The Bertz CT molecular complexity index is 533. The molecule has 0 fully saturated rings. The van der Waals surface area contributed by atoms with Crippen LogP contribution >= 0.6 is 0 Å². The van der Waals surface area contributed by atoms with Crippen LogP contribution in [0.3, 0.4) is 0 Å². The van der Waals surface area contributed by atoms with Crippen LogP contribution in [0.5, 0.6) is 0 Å². The number of alkyl halides is 3. The number of aromatic nitrogens is 1. The average Bonchev–Trinajstić information content (AvgIpc) is 2.25. The molecule has 1 heterocycles. The number of sulfonamides is 1. The third kappa shape index (κ3) is 4.65. The molecule has 0 aromatic carbocycles. The van der Waals surface area contributed by atoms with Crippen LogP contribution in [-0.2, 0) is 10.0 Å². The van der Waals surface area contributed by atoms with Gasteiger partial charge in [0.25, 0.3) is 10.0 Å². The first-order valence-corrected chi connectivity index (χ1v) is 6.65. The standard InChI is InChI=1S/C9H13F3N4O2S/c1-6(5-9(10,11)12)16-19(17,18)8-7(15-13)3-2-4-14-8/h2-4,6,15-16H,5,13H2,1H3. The molecule has 0 spiro atoms. The highest BCUT2D eigenvalue weighted by molar-refractivity contribution is 7.89. The Labute approximate surface area is 108 Å². The lowest BCUT2D eigenvalue weighted by Crippen LogP contribution is -2.36. The van der Waals surface area contributed by atoms with Gasteiger partial charge >= 0.3 is 6.18 Å². The number of nitrogens with two attached hydrogens (primary N) is 1. The van der Waals surface area contributed by atoms with Gasteiger partial charge in [0.2, 0.25) is 0 Å². The summed E-state index contributed by atoms with van der Waals surface area (Å²) < 4.78 is 62.1. The SMILES string of the molecule is CC(CC(F)(F)F)NS(=O)(=O)c1ncccc1NN. The molecule has 0 saturated heterocycles.